The van der Waals surface area contributed by atoms with Crippen LogP contribution in [0, 0.1) is 17.2 Å². The summed E-state index contributed by atoms with van der Waals surface area (Å²) in [7, 11) is 0. The van der Waals surface area contributed by atoms with Crippen molar-refractivity contribution in [3.8, 4) is 6.07 Å². The van der Waals surface area contributed by atoms with Gasteiger partial charge in [-0.3, -0.25) is 0 Å². The van der Waals surface area contributed by atoms with Crippen LogP contribution in [0.4, 0.5) is 10.5 Å². The highest BCUT2D eigenvalue weighted by Crippen LogP contribution is 2.28. The number of hydrogen-bond donors (Lipinski definition) is 3. The Bertz CT molecular complexity index is 474. The second-order valence-corrected chi connectivity index (χ2v) is 5.36. The van der Waals surface area contributed by atoms with E-state index in [1.165, 1.54) is 0 Å². The largest absolute Gasteiger partial charge is 0.396 e. The number of thioether (sulfide) groups is 1. The number of benzene rings is 1. The summed E-state index contributed by atoms with van der Waals surface area (Å²) in [6.45, 7) is 2.35. The fourth-order valence-corrected chi connectivity index (χ4v) is 2.35. The molecule has 0 spiro atoms. The van der Waals surface area contributed by atoms with Crippen LogP contribution in [0.15, 0.2) is 29.2 Å². The van der Waals surface area contributed by atoms with Crippen molar-refractivity contribution in [2.75, 3.05) is 24.2 Å². The Morgan fingerprint density at radius 3 is 2.95 bits per heavy atom. The third-order valence-electron chi connectivity index (χ3n) is 2.46. The summed E-state index contributed by atoms with van der Waals surface area (Å²) in [5.74, 6) is 0.646. The maximum Gasteiger partial charge on any atom is 0.319 e. The first kappa shape index (κ1) is 16.3. The van der Waals surface area contributed by atoms with E-state index in [0.29, 0.717) is 18.7 Å². The topological polar surface area (TPSA) is 85.2 Å². The molecule has 0 saturated heterocycles. The number of aliphatic hydroxyl groups is 1. The molecule has 0 aliphatic heterocycles. The van der Waals surface area contributed by atoms with Gasteiger partial charge in [0.15, 0.2) is 0 Å². The van der Waals surface area contributed by atoms with E-state index in [4.69, 9.17) is 10.4 Å². The highest BCUT2D eigenvalue weighted by molar-refractivity contribution is 7.99. The molecule has 1 aromatic carbocycles. The number of para-hydroxylation sites is 1. The fourth-order valence-electron chi connectivity index (χ4n) is 1.40. The zero-order valence-corrected chi connectivity index (χ0v) is 12.2. The molecular weight excluding hydrogens is 274 g/mol. The predicted molar refractivity (Wildman–Crippen MR) is 80.7 cm³/mol. The molecule has 108 valence electrons. The van der Waals surface area contributed by atoms with Gasteiger partial charge in [-0.25, -0.2) is 4.79 Å². The lowest BCUT2D eigenvalue weighted by molar-refractivity contribution is 0.249. The van der Waals surface area contributed by atoms with Gasteiger partial charge in [-0.15, -0.1) is 11.8 Å². The lowest BCUT2D eigenvalue weighted by Gasteiger charge is -2.11. The average Bonchev–Trinajstić information content (AvgIpc) is 2.46. The van der Waals surface area contributed by atoms with Crippen molar-refractivity contribution in [3.63, 3.8) is 0 Å². The monoisotopic (exact) mass is 293 g/mol. The number of rotatable bonds is 7. The van der Waals surface area contributed by atoms with E-state index in [1.54, 1.807) is 11.8 Å². The zero-order chi connectivity index (χ0) is 14.8. The van der Waals surface area contributed by atoms with Crippen LogP contribution in [0.3, 0.4) is 0 Å². The lowest BCUT2D eigenvalue weighted by Crippen LogP contribution is -2.30. The van der Waals surface area contributed by atoms with E-state index in [0.717, 1.165) is 10.6 Å². The summed E-state index contributed by atoms with van der Waals surface area (Å²) in [5, 5.41) is 22.9. The molecular formula is C14H19N3O2S. The summed E-state index contributed by atoms with van der Waals surface area (Å²) < 4.78 is 0. The predicted octanol–water partition coefficient (Wildman–Crippen LogP) is 2.44. The number of nitrogens with zero attached hydrogens (tertiary/aromatic N) is 1. The van der Waals surface area contributed by atoms with Crippen LogP contribution < -0.4 is 10.6 Å². The van der Waals surface area contributed by atoms with E-state index in [9.17, 15) is 4.79 Å². The van der Waals surface area contributed by atoms with Crippen LogP contribution in [0.2, 0.25) is 0 Å². The summed E-state index contributed by atoms with van der Waals surface area (Å²) in [4.78, 5) is 12.6. The standard InChI is InChI=1S/C14H19N3O2S/c1-11(9-15)10-20-13-6-3-2-5-12(13)17-14(19)16-7-4-8-18/h2-3,5-6,11,18H,4,7-8,10H2,1H3,(H2,16,17,19). The van der Waals surface area contributed by atoms with Gasteiger partial charge in [0, 0.05) is 23.8 Å². The van der Waals surface area contributed by atoms with Gasteiger partial charge in [0.1, 0.15) is 0 Å². The molecule has 3 N–H and O–H groups in total. The maximum absolute atomic E-state index is 11.7. The van der Waals surface area contributed by atoms with E-state index in [2.05, 4.69) is 16.7 Å². The minimum absolute atomic E-state index is 0.0357. The number of carbonyl (C=O) groups excluding carboxylic acids is 1. The minimum atomic E-state index is -0.292. The van der Waals surface area contributed by atoms with Gasteiger partial charge in [-0.05, 0) is 25.5 Å². The number of hydrogen-bond acceptors (Lipinski definition) is 4. The molecule has 0 fully saturated rings. The van der Waals surface area contributed by atoms with Crippen molar-refractivity contribution in [3.05, 3.63) is 24.3 Å². The van der Waals surface area contributed by atoms with Crippen molar-refractivity contribution in [2.45, 2.75) is 18.2 Å². The van der Waals surface area contributed by atoms with E-state index >= 15 is 0 Å². The number of carbonyl (C=O) groups is 1. The highest BCUT2D eigenvalue weighted by atomic mass is 32.2. The molecule has 2 amide bonds. The third kappa shape index (κ3) is 5.95. The smallest absolute Gasteiger partial charge is 0.319 e. The number of nitriles is 1. The minimum Gasteiger partial charge on any atom is -0.396 e. The van der Waals surface area contributed by atoms with E-state index in [1.807, 2.05) is 31.2 Å². The molecule has 0 heterocycles. The van der Waals surface area contributed by atoms with Crippen molar-refractivity contribution >= 4 is 23.5 Å². The number of anilines is 1. The Hall–Kier alpha value is -1.71. The molecule has 5 nitrogen and oxygen atoms in total. The van der Waals surface area contributed by atoms with Crippen LogP contribution in [0.5, 0.6) is 0 Å². The molecule has 0 aliphatic rings. The second kappa shape index (κ2) is 9.23. The van der Waals surface area contributed by atoms with Crippen molar-refractivity contribution in [1.82, 2.24) is 5.32 Å². The van der Waals surface area contributed by atoms with Crippen LogP contribution in [-0.4, -0.2) is 30.0 Å². The molecule has 0 radical (unpaired) electrons. The average molecular weight is 293 g/mol. The van der Waals surface area contributed by atoms with Gasteiger partial charge in [-0.1, -0.05) is 12.1 Å². The van der Waals surface area contributed by atoms with Crippen molar-refractivity contribution < 1.29 is 9.90 Å². The Morgan fingerprint density at radius 2 is 2.25 bits per heavy atom. The molecule has 0 bridgehead atoms. The molecule has 1 rings (SSSR count). The summed E-state index contributed by atoms with van der Waals surface area (Å²) in [6, 6.07) is 9.38. The Balaban J connectivity index is 2.56. The molecule has 6 heteroatoms. The van der Waals surface area contributed by atoms with Gasteiger partial charge in [0.25, 0.3) is 0 Å². The molecule has 0 aromatic heterocycles. The fraction of sp³-hybridized carbons (Fsp3) is 0.429. The normalized spacial score (nSPS) is 11.4. The molecule has 1 atom stereocenters. The van der Waals surface area contributed by atoms with Crippen LogP contribution in [0.25, 0.3) is 0 Å². The quantitative estimate of drug-likeness (QED) is 0.532. The van der Waals surface area contributed by atoms with Crippen molar-refractivity contribution in [2.24, 2.45) is 5.92 Å². The van der Waals surface area contributed by atoms with Crippen LogP contribution in [-0.2, 0) is 0 Å². The van der Waals surface area contributed by atoms with Crippen molar-refractivity contribution in [1.29, 1.82) is 5.26 Å². The summed E-state index contributed by atoms with van der Waals surface area (Å²) >= 11 is 1.55. The van der Waals surface area contributed by atoms with Gasteiger partial charge in [0.05, 0.1) is 17.7 Å². The lowest BCUT2D eigenvalue weighted by atomic mass is 10.3. The first-order chi connectivity index (χ1) is 9.67. The van der Waals surface area contributed by atoms with Crippen LogP contribution in [0.1, 0.15) is 13.3 Å². The first-order valence-corrected chi connectivity index (χ1v) is 7.43. The summed E-state index contributed by atoms with van der Waals surface area (Å²) in [5.41, 5.74) is 0.726. The second-order valence-electron chi connectivity index (χ2n) is 4.30. The van der Waals surface area contributed by atoms with Gasteiger partial charge < -0.3 is 15.7 Å². The summed E-state index contributed by atoms with van der Waals surface area (Å²) in [6.07, 6.45) is 0.531. The van der Waals surface area contributed by atoms with Crippen LogP contribution >= 0.6 is 11.8 Å². The zero-order valence-electron chi connectivity index (χ0n) is 11.4. The molecule has 1 unspecified atom stereocenters. The third-order valence-corrected chi connectivity index (χ3v) is 3.80. The molecule has 20 heavy (non-hydrogen) atoms. The van der Waals surface area contributed by atoms with Gasteiger partial charge in [-0.2, -0.15) is 5.26 Å². The Morgan fingerprint density at radius 1 is 1.50 bits per heavy atom. The number of nitrogens with one attached hydrogen (secondary N) is 2. The number of aliphatic hydroxyl groups excluding tert-OH is 1. The number of urea groups is 1. The Kier molecular flexibility index (Phi) is 7.55. The SMILES string of the molecule is CC(C#N)CSc1ccccc1NC(=O)NCCCO. The molecule has 1 aromatic rings. The maximum atomic E-state index is 11.7. The highest BCUT2D eigenvalue weighted by Gasteiger charge is 2.08. The first-order valence-electron chi connectivity index (χ1n) is 6.44. The molecule has 0 aliphatic carbocycles. The van der Waals surface area contributed by atoms with E-state index in [-0.39, 0.29) is 18.6 Å². The van der Waals surface area contributed by atoms with Gasteiger partial charge >= 0.3 is 6.03 Å². The van der Waals surface area contributed by atoms with E-state index < -0.39 is 0 Å². The number of amides is 2. The molecule has 0 saturated carbocycles. The Labute approximate surface area is 123 Å². The van der Waals surface area contributed by atoms with Gasteiger partial charge in [0.2, 0.25) is 0 Å².